The van der Waals surface area contributed by atoms with Crippen LogP contribution in [0.4, 0.5) is 0 Å². The summed E-state index contributed by atoms with van der Waals surface area (Å²) in [4.78, 5) is 4.42. The number of aliphatic imine (C=N–C) groups is 1. The summed E-state index contributed by atoms with van der Waals surface area (Å²) >= 11 is 0. The molecule has 1 aliphatic heterocycles. The molecule has 0 spiro atoms. The van der Waals surface area contributed by atoms with Crippen LogP contribution in [0.2, 0.25) is 0 Å². The van der Waals surface area contributed by atoms with Crippen LogP contribution in [0.15, 0.2) is 65.7 Å². The lowest BCUT2D eigenvalue weighted by atomic mass is 9.95. The summed E-state index contributed by atoms with van der Waals surface area (Å²) in [5.41, 5.74) is 2.12. The highest BCUT2D eigenvalue weighted by Crippen LogP contribution is 2.36. The molecule has 1 heterocycles. The van der Waals surface area contributed by atoms with E-state index < -0.39 is 6.29 Å². The van der Waals surface area contributed by atoms with Gasteiger partial charge in [-0.25, -0.2) is 0 Å². The van der Waals surface area contributed by atoms with E-state index in [9.17, 15) is 10.2 Å². The van der Waals surface area contributed by atoms with Crippen LogP contribution in [0.25, 0.3) is 0 Å². The third-order valence-electron chi connectivity index (χ3n) is 3.44. The van der Waals surface area contributed by atoms with E-state index in [1.165, 1.54) is 0 Å². The Morgan fingerprint density at radius 3 is 1.95 bits per heavy atom. The number of aliphatic hydroxyl groups excluding tert-OH is 1. The van der Waals surface area contributed by atoms with Gasteiger partial charge in [-0.15, -0.1) is 0 Å². The van der Waals surface area contributed by atoms with E-state index in [-0.39, 0.29) is 17.9 Å². The summed E-state index contributed by atoms with van der Waals surface area (Å²) in [5.74, 6) is 0.215. The Morgan fingerprint density at radius 2 is 1.40 bits per heavy atom. The molecule has 20 heavy (non-hydrogen) atoms. The van der Waals surface area contributed by atoms with Gasteiger partial charge in [-0.3, -0.25) is 4.99 Å². The van der Waals surface area contributed by atoms with Crippen molar-refractivity contribution in [2.24, 2.45) is 4.99 Å². The van der Waals surface area contributed by atoms with Gasteiger partial charge < -0.3 is 15.5 Å². The Balaban J connectivity index is 1.98. The summed E-state index contributed by atoms with van der Waals surface area (Å²) in [7, 11) is 0. The van der Waals surface area contributed by atoms with Gasteiger partial charge in [0.25, 0.3) is 0 Å². The van der Waals surface area contributed by atoms with Crippen LogP contribution >= 0.6 is 0 Å². The van der Waals surface area contributed by atoms with Crippen molar-refractivity contribution in [1.82, 2.24) is 5.32 Å². The highest BCUT2D eigenvalue weighted by atomic mass is 16.5. The van der Waals surface area contributed by atoms with Crippen LogP contribution in [0.1, 0.15) is 23.2 Å². The minimum atomic E-state index is -1.57. The first-order valence-electron chi connectivity index (χ1n) is 6.56. The molecule has 2 aromatic carbocycles. The monoisotopic (exact) mass is 268 g/mol. The SMILES string of the molecule is OC(O)C1=NC(c2ccccc2)C(c2ccccc2)N1. The van der Waals surface area contributed by atoms with Crippen LogP contribution in [-0.2, 0) is 0 Å². The Morgan fingerprint density at radius 1 is 0.850 bits per heavy atom. The van der Waals surface area contributed by atoms with Gasteiger partial charge in [0.1, 0.15) is 6.04 Å². The normalized spacial score (nSPS) is 21.6. The Hall–Kier alpha value is -2.17. The molecule has 102 valence electrons. The number of benzene rings is 2. The minimum Gasteiger partial charge on any atom is -0.362 e. The largest absolute Gasteiger partial charge is 0.362 e. The van der Waals surface area contributed by atoms with Crippen molar-refractivity contribution in [2.45, 2.75) is 18.4 Å². The summed E-state index contributed by atoms with van der Waals surface area (Å²) < 4.78 is 0. The number of nitrogens with one attached hydrogen (secondary N) is 1. The number of hydrogen-bond donors (Lipinski definition) is 3. The van der Waals surface area contributed by atoms with Crippen molar-refractivity contribution < 1.29 is 10.2 Å². The Labute approximate surface area is 117 Å². The quantitative estimate of drug-likeness (QED) is 0.743. The summed E-state index contributed by atoms with van der Waals surface area (Å²) in [5, 5.41) is 21.8. The average Bonchev–Trinajstić information content (AvgIpc) is 2.94. The molecule has 0 radical (unpaired) electrons. The lowest BCUT2D eigenvalue weighted by molar-refractivity contribution is 0.0171. The van der Waals surface area contributed by atoms with E-state index in [1.54, 1.807) is 0 Å². The Kier molecular flexibility index (Phi) is 3.50. The first kappa shape index (κ1) is 12.8. The molecule has 1 aliphatic rings. The van der Waals surface area contributed by atoms with Gasteiger partial charge in [-0.1, -0.05) is 60.7 Å². The average molecular weight is 268 g/mol. The van der Waals surface area contributed by atoms with Crippen molar-refractivity contribution in [3.63, 3.8) is 0 Å². The molecule has 3 rings (SSSR count). The first-order chi connectivity index (χ1) is 9.75. The van der Waals surface area contributed by atoms with Crippen molar-refractivity contribution in [2.75, 3.05) is 0 Å². The maximum absolute atomic E-state index is 9.34. The maximum Gasteiger partial charge on any atom is 0.211 e. The minimum absolute atomic E-state index is 0.0876. The summed E-state index contributed by atoms with van der Waals surface area (Å²) in [6, 6.07) is 19.5. The van der Waals surface area contributed by atoms with Crippen LogP contribution in [0.3, 0.4) is 0 Å². The van der Waals surface area contributed by atoms with Crippen LogP contribution < -0.4 is 5.32 Å². The second-order valence-electron chi connectivity index (χ2n) is 4.78. The van der Waals surface area contributed by atoms with E-state index in [0.717, 1.165) is 11.1 Å². The zero-order valence-electron chi connectivity index (χ0n) is 10.8. The molecule has 0 bridgehead atoms. The highest BCUT2D eigenvalue weighted by Gasteiger charge is 2.32. The van der Waals surface area contributed by atoms with Gasteiger partial charge in [-0.2, -0.15) is 0 Å². The molecule has 0 amide bonds. The molecule has 0 fully saturated rings. The molecule has 2 unspecified atom stereocenters. The second-order valence-corrected chi connectivity index (χ2v) is 4.78. The Bertz CT molecular complexity index is 596. The second kappa shape index (κ2) is 5.45. The van der Waals surface area contributed by atoms with E-state index in [1.807, 2.05) is 60.7 Å². The summed E-state index contributed by atoms with van der Waals surface area (Å²) in [6.45, 7) is 0. The highest BCUT2D eigenvalue weighted by molar-refractivity contribution is 5.87. The number of amidine groups is 1. The van der Waals surface area contributed by atoms with Gasteiger partial charge in [0.05, 0.1) is 6.04 Å². The number of nitrogens with zero attached hydrogens (tertiary/aromatic N) is 1. The smallest absolute Gasteiger partial charge is 0.211 e. The standard InChI is InChI=1S/C16H16N2O2/c19-16(20)15-17-13(11-7-3-1-4-8-11)14(18-15)12-9-5-2-6-10-12/h1-10,13-14,16,19-20H,(H,17,18). The third kappa shape index (κ3) is 2.43. The number of aliphatic hydroxyl groups is 2. The molecule has 0 saturated heterocycles. The first-order valence-corrected chi connectivity index (χ1v) is 6.56. The van der Waals surface area contributed by atoms with E-state index >= 15 is 0 Å². The van der Waals surface area contributed by atoms with Gasteiger partial charge in [-0.05, 0) is 11.1 Å². The molecule has 0 aliphatic carbocycles. The molecule has 3 N–H and O–H groups in total. The zero-order chi connectivity index (χ0) is 13.9. The van der Waals surface area contributed by atoms with Crippen molar-refractivity contribution in [1.29, 1.82) is 0 Å². The number of rotatable bonds is 3. The van der Waals surface area contributed by atoms with Gasteiger partial charge in [0, 0.05) is 0 Å². The van der Waals surface area contributed by atoms with Crippen molar-refractivity contribution >= 4 is 5.84 Å². The van der Waals surface area contributed by atoms with Crippen molar-refractivity contribution in [3.05, 3.63) is 71.8 Å². The molecule has 2 aromatic rings. The zero-order valence-corrected chi connectivity index (χ0v) is 10.8. The fraction of sp³-hybridized carbons (Fsp3) is 0.188. The topological polar surface area (TPSA) is 64.8 Å². The van der Waals surface area contributed by atoms with Gasteiger partial charge >= 0.3 is 0 Å². The molecule has 2 atom stereocenters. The lowest BCUT2D eigenvalue weighted by Crippen LogP contribution is -2.33. The van der Waals surface area contributed by atoms with E-state index in [2.05, 4.69) is 10.3 Å². The molecule has 0 saturated carbocycles. The van der Waals surface area contributed by atoms with E-state index in [4.69, 9.17) is 0 Å². The molecule has 0 aromatic heterocycles. The molecule has 4 heteroatoms. The van der Waals surface area contributed by atoms with E-state index in [0.29, 0.717) is 0 Å². The van der Waals surface area contributed by atoms with Gasteiger partial charge in [0.2, 0.25) is 6.29 Å². The van der Waals surface area contributed by atoms with Crippen molar-refractivity contribution in [3.8, 4) is 0 Å². The van der Waals surface area contributed by atoms with Crippen LogP contribution in [0.5, 0.6) is 0 Å². The fourth-order valence-corrected chi connectivity index (χ4v) is 2.48. The predicted octanol–water partition coefficient (Wildman–Crippen LogP) is 1.78. The maximum atomic E-state index is 9.34. The molecular weight excluding hydrogens is 252 g/mol. The molecule has 4 nitrogen and oxygen atoms in total. The number of hydrogen-bond acceptors (Lipinski definition) is 4. The lowest BCUT2D eigenvalue weighted by Gasteiger charge is -2.19. The fourth-order valence-electron chi connectivity index (χ4n) is 2.48. The summed E-state index contributed by atoms with van der Waals surface area (Å²) in [6.07, 6.45) is -1.57. The van der Waals surface area contributed by atoms with Gasteiger partial charge in [0.15, 0.2) is 5.84 Å². The van der Waals surface area contributed by atoms with Crippen LogP contribution in [-0.4, -0.2) is 22.3 Å². The molecular formula is C16H16N2O2. The predicted molar refractivity (Wildman–Crippen MR) is 77.2 cm³/mol. The van der Waals surface area contributed by atoms with Crippen LogP contribution in [0, 0.1) is 0 Å². The third-order valence-corrected chi connectivity index (χ3v) is 3.44.